The minimum Gasteiger partial charge on any atom is -0.285 e. The topological polar surface area (TPSA) is 44.5 Å². The van der Waals surface area contributed by atoms with E-state index in [-0.39, 0.29) is 0 Å². The average molecular weight is 123 g/mol. The highest BCUT2D eigenvalue weighted by Gasteiger charge is 1.88. The summed E-state index contributed by atoms with van der Waals surface area (Å²) in [7, 11) is -0.829. The van der Waals surface area contributed by atoms with Crippen molar-refractivity contribution in [3.8, 4) is 0 Å². The Balaban J connectivity index is 2.68. The molecular formula is C3H10NO2P. The van der Waals surface area contributed by atoms with Crippen LogP contribution in [-0.4, -0.2) is 13.3 Å². The van der Waals surface area contributed by atoms with Crippen LogP contribution in [0, 0.1) is 0 Å². The Morgan fingerprint density at radius 1 is 1.71 bits per heavy atom. The van der Waals surface area contributed by atoms with Crippen LogP contribution in [0.5, 0.6) is 0 Å². The zero-order valence-corrected chi connectivity index (χ0v) is 5.44. The van der Waals surface area contributed by atoms with Crippen molar-refractivity contribution in [1.29, 1.82) is 0 Å². The highest BCUT2D eigenvalue weighted by atomic mass is 31.2. The normalized spacial score (nSPS) is 14.1. The Morgan fingerprint density at radius 3 is 2.43 bits per heavy atom. The molecule has 44 valence electrons. The Bertz CT molecular complexity index is 41.9. The van der Waals surface area contributed by atoms with Gasteiger partial charge in [-0.05, 0) is 13.6 Å². The molecule has 0 amide bonds. The molecule has 0 saturated carbocycles. The van der Waals surface area contributed by atoms with Gasteiger partial charge in [0.05, 0.1) is 6.61 Å². The molecule has 0 heterocycles. The summed E-state index contributed by atoms with van der Waals surface area (Å²) in [6, 6.07) is 0. The van der Waals surface area contributed by atoms with Gasteiger partial charge >= 0.3 is 0 Å². The lowest BCUT2D eigenvalue weighted by Crippen LogP contribution is -1.92. The van der Waals surface area contributed by atoms with Crippen molar-refractivity contribution >= 4 is 8.30 Å². The first kappa shape index (κ1) is 7.31. The molecule has 1 unspecified atom stereocenters. The molecule has 0 aromatic carbocycles. The van der Waals surface area contributed by atoms with Gasteiger partial charge in [-0.3, -0.25) is 5.50 Å². The van der Waals surface area contributed by atoms with E-state index < -0.39 is 8.30 Å². The summed E-state index contributed by atoms with van der Waals surface area (Å²) < 4.78 is 4.53. The van der Waals surface area contributed by atoms with E-state index in [1.165, 1.54) is 0 Å². The van der Waals surface area contributed by atoms with Gasteiger partial charge < -0.3 is 0 Å². The summed E-state index contributed by atoms with van der Waals surface area (Å²) in [6.45, 7) is 4.17. The molecule has 0 radical (unpaired) electrons. The van der Waals surface area contributed by atoms with Crippen molar-refractivity contribution in [1.82, 2.24) is 0 Å². The number of nitrogens with two attached hydrogens (primary N) is 1. The standard InChI is InChI=1S/C3H10NO2P/c1-3-5-6-7(2)4/h3-4H2,1-2H3. The molecule has 0 aromatic heterocycles. The van der Waals surface area contributed by atoms with Crippen LogP contribution in [0.2, 0.25) is 0 Å². The molecule has 3 nitrogen and oxygen atoms in total. The Morgan fingerprint density at radius 2 is 2.29 bits per heavy atom. The van der Waals surface area contributed by atoms with Crippen molar-refractivity contribution in [3.63, 3.8) is 0 Å². The van der Waals surface area contributed by atoms with Gasteiger partial charge in [0, 0.05) is 0 Å². The van der Waals surface area contributed by atoms with Crippen molar-refractivity contribution < 1.29 is 9.56 Å². The van der Waals surface area contributed by atoms with Crippen LogP contribution in [0.4, 0.5) is 0 Å². The van der Waals surface area contributed by atoms with Gasteiger partial charge in [-0.25, -0.2) is 4.89 Å². The lowest BCUT2D eigenvalue weighted by molar-refractivity contribution is -0.194. The minimum absolute atomic E-state index is 0.559. The van der Waals surface area contributed by atoms with E-state index in [0.717, 1.165) is 0 Å². The summed E-state index contributed by atoms with van der Waals surface area (Å²) in [5.74, 6) is 0. The maximum atomic E-state index is 5.20. The fourth-order valence-electron chi connectivity index (χ4n) is 0.136. The summed E-state index contributed by atoms with van der Waals surface area (Å²) >= 11 is 0. The average Bonchev–Trinajstić information content (AvgIpc) is 1.61. The van der Waals surface area contributed by atoms with Crippen molar-refractivity contribution in [2.45, 2.75) is 6.92 Å². The van der Waals surface area contributed by atoms with Gasteiger partial charge in [0.2, 0.25) is 0 Å². The summed E-state index contributed by atoms with van der Waals surface area (Å²) in [5.41, 5.74) is 5.20. The fourth-order valence-corrected chi connectivity index (χ4v) is 0.408. The van der Waals surface area contributed by atoms with Crippen molar-refractivity contribution in [2.75, 3.05) is 13.3 Å². The molecule has 0 aliphatic carbocycles. The lowest BCUT2D eigenvalue weighted by Gasteiger charge is -2.01. The summed E-state index contributed by atoms with van der Waals surface area (Å²) in [6.07, 6.45) is 0. The fraction of sp³-hybridized carbons (Fsp3) is 1.00. The molecule has 7 heavy (non-hydrogen) atoms. The third-order valence-corrected chi connectivity index (χ3v) is 0.629. The van der Waals surface area contributed by atoms with Gasteiger partial charge in [-0.2, -0.15) is 4.67 Å². The molecule has 0 bridgehead atoms. The molecule has 0 spiro atoms. The third kappa shape index (κ3) is 6.31. The van der Waals surface area contributed by atoms with Crippen LogP contribution in [0.15, 0.2) is 0 Å². The first-order valence-electron chi connectivity index (χ1n) is 2.05. The predicted molar refractivity (Wildman–Crippen MR) is 29.7 cm³/mol. The van der Waals surface area contributed by atoms with Crippen molar-refractivity contribution in [2.24, 2.45) is 5.50 Å². The summed E-state index contributed by atoms with van der Waals surface area (Å²) in [4.78, 5) is 4.50. The molecule has 0 fully saturated rings. The van der Waals surface area contributed by atoms with Crippen LogP contribution in [-0.2, 0) is 9.56 Å². The van der Waals surface area contributed by atoms with E-state index >= 15 is 0 Å². The SMILES string of the molecule is CCOOP(C)N. The molecule has 0 rings (SSSR count). The van der Waals surface area contributed by atoms with Crippen LogP contribution >= 0.6 is 8.30 Å². The Labute approximate surface area is 44.6 Å². The van der Waals surface area contributed by atoms with Gasteiger partial charge in [0.1, 0.15) is 8.30 Å². The quantitative estimate of drug-likeness (QED) is 0.344. The summed E-state index contributed by atoms with van der Waals surface area (Å²) in [5, 5.41) is 0. The number of rotatable bonds is 3. The largest absolute Gasteiger partial charge is 0.285 e. The third-order valence-electron chi connectivity index (χ3n) is 0.288. The second-order valence-electron chi connectivity index (χ2n) is 1.03. The zero-order valence-electron chi connectivity index (χ0n) is 4.55. The molecule has 2 N–H and O–H groups in total. The monoisotopic (exact) mass is 123 g/mol. The van der Waals surface area contributed by atoms with Gasteiger partial charge in [0.25, 0.3) is 0 Å². The molecule has 0 aliphatic rings. The molecule has 0 saturated heterocycles. The maximum absolute atomic E-state index is 5.20. The predicted octanol–water partition coefficient (Wildman–Crippen LogP) is 0.855. The minimum atomic E-state index is -0.829. The van der Waals surface area contributed by atoms with E-state index in [1.807, 2.05) is 6.92 Å². The van der Waals surface area contributed by atoms with Crippen LogP contribution in [0.3, 0.4) is 0 Å². The Hall–Kier alpha value is 0.310. The van der Waals surface area contributed by atoms with E-state index in [4.69, 9.17) is 5.50 Å². The second kappa shape index (κ2) is 4.47. The lowest BCUT2D eigenvalue weighted by atomic mass is 10.9. The van der Waals surface area contributed by atoms with Crippen LogP contribution < -0.4 is 5.50 Å². The maximum Gasteiger partial charge on any atom is 0.137 e. The van der Waals surface area contributed by atoms with Crippen LogP contribution in [0.25, 0.3) is 0 Å². The Kier molecular flexibility index (Phi) is 4.67. The highest BCUT2D eigenvalue weighted by molar-refractivity contribution is 7.48. The van der Waals surface area contributed by atoms with E-state index in [2.05, 4.69) is 9.56 Å². The van der Waals surface area contributed by atoms with Crippen LogP contribution in [0.1, 0.15) is 6.92 Å². The van der Waals surface area contributed by atoms with E-state index in [1.54, 1.807) is 6.66 Å². The molecule has 4 heteroatoms. The van der Waals surface area contributed by atoms with E-state index in [0.29, 0.717) is 6.61 Å². The number of hydrogen-bond donors (Lipinski definition) is 1. The van der Waals surface area contributed by atoms with Gasteiger partial charge in [-0.15, -0.1) is 0 Å². The molecule has 0 aromatic rings. The first-order valence-corrected chi connectivity index (χ1v) is 3.83. The zero-order chi connectivity index (χ0) is 5.70. The molecular weight excluding hydrogens is 113 g/mol. The number of hydrogen-bond acceptors (Lipinski definition) is 3. The first-order chi connectivity index (χ1) is 3.27. The van der Waals surface area contributed by atoms with E-state index in [9.17, 15) is 0 Å². The second-order valence-corrected chi connectivity index (χ2v) is 2.27. The van der Waals surface area contributed by atoms with Crippen molar-refractivity contribution in [3.05, 3.63) is 0 Å². The van der Waals surface area contributed by atoms with Gasteiger partial charge in [-0.1, -0.05) is 0 Å². The molecule has 0 aliphatic heterocycles. The molecule has 1 atom stereocenters. The smallest absolute Gasteiger partial charge is 0.137 e. The highest BCUT2D eigenvalue weighted by Crippen LogP contribution is 2.19. The van der Waals surface area contributed by atoms with Gasteiger partial charge in [0.15, 0.2) is 0 Å².